The summed E-state index contributed by atoms with van der Waals surface area (Å²) in [7, 11) is -2.87. The van der Waals surface area contributed by atoms with Gasteiger partial charge in [0, 0.05) is 5.02 Å². The highest BCUT2D eigenvalue weighted by molar-refractivity contribution is 7.53. The Morgan fingerprint density at radius 2 is 1.63 bits per heavy atom. The van der Waals surface area contributed by atoms with E-state index in [1.165, 1.54) is 5.56 Å². The van der Waals surface area contributed by atoms with Crippen LogP contribution in [-0.2, 0) is 20.0 Å². The summed E-state index contributed by atoms with van der Waals surface area (Å²) < 4.78 is 22.7. The van der Waals surface area contributed by atoms with Crippen molar-refractivity contribution in [2.24, 2.45) is 0 Å². The van der Waals surface area contributed by atoms with Crippen molar-refractivity contribution in [2.45, 2.75) is 33.1 Å². The molecule has 1 aromatic carbocycles. The molecule has 0 radical (unpaired) electrons. The normalized spacial score (nSPS) is 11.7. The molecule has 5 heteroatoms. The molecular formula is C14H22ClO3P. The zero-order valence-electron chi connectivity index (χ0n) is 11.6. The summed E-state index contributed by atoms with van der Waals surface area (Å²) in [6.07, 6.45) is 3.24. The van der Waals surface area contributed by atoms with Gasteiger partial charge in [-0.15, -0.1) is 0 Å². The molecule has 0 unspecified atom stereocenters. The lowest BCUT2D eigenvalue weighted by atomic mass is 10.1. The number of hydrogen-bond acceptors (Lipinski definition) is 3. The molecule has 0 amide bonds. The molecule has 0 aromatic heterocycles. The summed E-state index contributed by atoms with van der Waals surface area (Å²) in [5, 5.41) is 0.751. The largest absolute Gasteiger partial charge is 0.330 e. The van der Waals surface area contributed by atoms with E-state index >= 15 is 0 Å². The van der Waals surface area contributed by atoms with E-state index in [1.807, 2.05) is 38.1 Å². The van der Waals surface area contributed by atoms with Crippen LogP contribution < -0.4 is 0 Å². The molecule has 0 atom stereocenters. The van der Waals surface area contributed by atoms with Crippen molar-refractivity contribution in [1.29, 1.82) is 0 Å². The van der Waals surface area contributed by atoms with Gasteiger partial charge in [-0.05, 0) is 50.8 Å². The summed E-state index contributed by atoms with van der Waals surface area (Å²) in [4.78, 5) is 0. The first-order chi connectivity index (χ1) is 9.09. The maximum Gasteiger partial charge on any atom is 0.330 e. The first kappa shape index (κ1) is 16.7. The minimum atomic E-state index is -2.87. The Morgan fingerprint density at radius 1 is 1.05 bits per heavy atom. The highest BCUT2D eigenvalue weighted by Gasteiger charge is 2.22. The molecule has 3 nitrogen and oxygen atoms in total. The Bertz CT molecular complexity index is 396. The van der Waals surface area contributed by atoms with Crippen molar-refractivity contribution < 1.29 is 13.6 Å². The third-order valence-corrected chi connectivity index (χ3v) is 5.13. The van der Waals surface area contributed by atoms with Gasteiger partial charge in [0.25, 0.3) is 0 Å². The summed E-state index contributed by atoms with van der Waals surface area (Å²) in [6.45, 7) is 4.52. The van der Waals surface area contributed by atoms with Crippen LogP contribution in [-0.4, -0.2) is 19.4 Å². The number of unbranched alkanes of at least 4 members (excludes halogenated alkanes) is 1. The zero-order valence-corrected chi connectivity index (χ0v) is 13.3. The van der Waals surface area contributed by atoms with Crippen LogP contribution in [0.25, 0.3) is 0 Å². The predicted molar refractivity (Wildman–Crippen MR) is 80.1 cm³/mol. The SMILES string of the molecule is CCOP(=O)(CCCCc1ccc(Cl)cc1)OCC. The molecule has 0 aliphatic rings. The third kappa shape index (κ3) is 6.58. The van der Waals surface area contributed by atoms with Crippen LogP contribution in [0.1, 0.15) is 32.3 Å². The van der Waals surface area contributed by atoms with Crippen molar-refractivity contribution in [3.05, 3.63) is 34.9 Å². The predicted octanol–water partition coefficient (Wildman–Crippen LogP) is 4.93. The van der Waals surface area contributed by atoms with Crippen LogP contribution in [0.2, 0.25) is 5.02 Å². The highest BCUT2D eigenvalue weighted by atomic mass is 35.5. The fourth-order valence-electron chi connectivity index (χ4n) is 1.85. The van der Waals surface area contributed by atoms with Gasteiger partial charge in [-0.2, -0.15) is 0 Å². The number of benzene rings is 1. The topological polar surface area (TPSA) is 35.5 Å². The van der Waals surface area contributed by atoms with E-state index in [9.17, 15) is 4.57 Å². The van der Waals surface area contributed by atoms with E-state index in [1.54, 1.807) is 0 Å². The molecule has 0 saturated heterocycles. The van der Waals surface area contributed by atoms with Gasteiger partial charge in [-0.1, -0.05) is 23.7 Å². The minimum absolute atomic E-state index is 0.425. The van der Waals surface area contributed by atoms with Gasteiger partial charge in [0.2, 0.25) is 0 Å². The second kappa shape index (κ2) is 8.76. The molecule has 0 fully saturated rings. The summed E-state index contributed by atoms with van der Waals surface area (Å²) in [5.74, 6) is 0. The molecule has 0 saturated carbocycles. The number of aryl methyl sites for hydroxylation is 1. The summed E-state index contributed by atoms with van der Waals surface area (Å²) in [5.41, 5.74) is 1.24. The van der Waals surface area contributed by atoms with E-state index in [2.05, 4.69) is 0 Å². The molecule has 0 aliphatic carbocycles. The van der Waals surface area contributed by atoms with Crippen molar-refractivity contribution in [2.75, 3.05) is 19.4 Å². The van der Waals surface area contributed by atoms with E-state index in [-0.39, 0.29) is 0 Å². The fraction of sp³-hybridized carbons (Fsp3) is 0.571. The van der Waals surface area contributed by atoms with Gasteiger partial charge in [0.15, 0.2) is 0 Å². The Labute approximate surface area is 120 Å². The minimum Gasteiger partial charge on any atom is -0.309 e. The molecule has 1 rings (SSSR count). The second-order valence-corrected chi connectivity index (χ2v) is 6.88. The van der Waals surface area contributed by atoms with Gasteiger partial charge in [0.05, 0.1) is 19.4 Å². The van der Waals surface area contributed by atoms with Gasteiger partial charge in [-0.25, -0.2) is 0 Å². The molecular weight excluding hydrogens is 283 g/mol. The van der Waals surface area contributed by atoms with Crippen LogP contribution in [0, 0.1) is 0 Å². The molecule has 0 aliphatic heterocycles. The Balaban J connectivity index is 2.32. The quantitative estimate of drug-likeness (QED) is 0.479. The number of rotatable bonds is 9. The molecule has 0 bridgehead atoms. The Kier molecular flexibility index (Phi) is 7.70. The van der Waals surface area contributed by atoms with Crippen molar-refractivity contribution in [3.8, 4) is 0 Å². The smallest absolute Gasteiger partial charge is 0.309 e. The summed E-state index contributed by atoms with van der Waals surface area (Å²) >= 11 is 5.83. The molecule has 19 heavy (non-hydrogen) atoms. The van der Waals surface area contributed by atoms with Crippen LogP contribution >= 0.6 is 19.2 Å². The maximum absolute atomic E-state index is 12.2. The van der Waals surface area contributed by atoms with E-state index in [0.717, 1.165) is 24.3 Å². The van der Waals surface area contributed by atoms with E-state index in [4.69, 9.17) is 20.6 Å². The van der Waals surface area contributed by atoms with Crippen LogP contribution in [0.15, 0.2) is 24.3 Å². The lowest BCUT2D eigenvalue weighted by Gasteiger charge is -2.16. The Morgan fingerprint density at radius 3 is 2.16 bits per heavy atom. The monoisotopic (exact) mass is 304 g/mol. The van der Waals surface area contributed by atoms with Crippen molar-refractivity contribution in [1.82, 2.24) is 0 Å². The van der Waals surface area contributed by atoms with E-state index in [0.29, 0.717) is 19.4 Å². The van der Waals surface area contributed by atoms with Crippen molar-refractivity contribution >= 4 is 19.2 Å². The van der Waals surface area contributed by atoms with Gasteiger partial charge >= 0.3 is 7.60 Å². The molecule has 0 N–H and O–H groups in total. The van der Waals surface area contributed by atoms with Gasteiger partial charge < -0.3 is 9.05 Å². The highest BCUT2D eigenvalue weighted by Crippen LogP contribution is 2.48. The van der Waals surface area contributed by atoms with Gasteiger partial charge in [0.1, 0.15) is 0 Å². The molecule has 1 aromatic rings. The number of hydrogen-bond donors (Lipinski definition) is 0. The second-order valence-electron chi connectivity index (χ2n) is 4.25. The molecule has 0 spiro atoms. The van der Waals surface area contributed by atoms with E-state index < -0.39 is 7.60 Å². The maximum atomic E-state index is 12.2. The first-order valence-corrected chi connectivity index (χ1v) is 8.83. The van der Waals surface area contributed by atoms with Crippen LogP contribution in [0.5, 0.6) is 0 Å². The molecule has 0 heterocycles. The standard InChI is InChI=1S/C14H22ClO3P/c1-3-17-19(16,18-4-2)12-6-5-7-13-8-10-14(15)11-9-13/h8-11H,3-7,12H2,1-2H3. The van der Waals surface area contributed by atoms with Gasteiger partial charge in [-0.3, -0.25) is 4.57 Å². The third-order valence-electron chi connectivity index (χ3n) is 2.71. The first-order valence-electron chi connectivity index (χ1n) is 6.72. The average Bonchev–Trinajstić information content (AvgIpc) is 2.37. The Hall–Kier alpha value is -0.340. The average molecular weight is 305 g/mol. The molecule has 108 valence electrons. The van der Waals surface area contributed by atoms with Crippen molar-refractivity contribution in [3.63, 3.8) is 0 Å². The zero-order chi connectivity index (χ0) is 14.1. The van der Waals surface area contributed by atoms with Crippen LogP contribution in [0.4, 0.5) is 0 Å². The van der Waals surface area contributed by atoms with Crippen LogP contribution in [0.3, 0.4) is 0 Å². The number of halogens is 1. The lowest BCUT2D eigenvalue weighted by Crippen LogP contribution is -2.00. The fourth-order valence-corrected chi connectivity index (χ4v) is 3.70. The summed E-state index contributed by atoms with van der Waals surface area (Å²) in [6, 6.07) is 7.82. The lowest BCUT2D eigenvalue weighted by molar-refractivity contribution is 0.219.